The van der Waals surface area contributed by atoms with Gasteiger partial charge < -0.3 is 10.1 Å². The lowest BCUT2D eigenvalue weighted by Crippen LogP contribution is -2.41. The first kappa shape index (κ1) is 15.3. The van der Waals surface area contributed by atoms with Gasteiger partial charge in [-0.05, 0) is 56.3 Å². The largest absolute Gasteiger partial charge is 0.375 e. The van der Waals surface area contributed by atoms with E-state index in [1.807, 2.05) is 13.1 Å². The van der Waals surface area contributed by atoms with Gasteiger partial charge in [-0.15, -0.1) is 0 Å². The molecular formula is C17H23ClFNO. The molecule has 1 heterocycles. The number of hydrogen-bond donors (Lipinski definition) is 1. The molecule has 2 aliphatic rings. The van der Waals surface area contributed by atoms with Crippen LogP contribution >= 0.6 is 11.6 Å². The summed E-state index contributed by atoms with van der Waals surface area (Å²) in [5.41, 5.74) is 1.09. The van der Waals surface area contributed by atoms with Gasteiger partial charge in [-0.2, -0.15) is 0 Å². The Balaban J connectivity index is 1.82. The molecule has 2 fully saturated rings. The second-order valence-corrected chi connectivity index (χ2v) is 6.83. The third-order valence-electron chi connectivity index (χ3n) is 5.13. The van der Waals surface area contributed by atoms with E-state index in [1.165, 1.54) is 37.8 Å². The Kier molecular flexibility index (Phi) is 4.53. The van der Waals surface area contributed by atoms with Crippen LogP contribution in [0.2, 0.25) is 5.02 Å². The lowest BCUT2D eigenvalue weighted by molar-refractivity contribution is -0.0978. The first-order chi connectivity index (χ1) is 10.1. The first-order valence-corrected chi connectivity index (χ1v) is 8.27. The zero-order chi connectivity index (χ0) is 14.9. The van der Waals surface area contributed by atoms with Crippen molar-refractivity contribution in [3.63, 3.8) is 0 Å². The molecule has 0 aromatic heterocycles. The van der Waals surface area contributed by atoms with Crippen LogP contribution in [0.5, 0.6) is 0 Å². The Morgan fingerprint density at radius 1 is 1.38 bits per heavy atom. The molecule has 1 N–H and O–H groups in total. The molecule has 3 rings (SSSR count). The fourth-order valence-electron chi connectivity index (χ4n) is 4.12. The molecule has 21 heavy (non-hydrogen) atoms. The van der Waals surface area contributed by atoms with Crippen LogP contribution < -0.4 is 5.32 Å². The Morgan fingerprint density at radius 2 is 2.14 bits per heavy atom. The highest BCUT2D eigenvalue weighted by Gasteiger charge is 2.42. The normalized spacial score (nSPS) is 26.1. The third kappa shape index (κ3) is 3.10. The average Bonchev–Trinajstić information content (AvgIpc) is 2.90. The van der Waals surface area contributed by atoms with Gasteiger partial charge in [0.2, 0.25) is 0 Å². The van der Waals surface area contributed by atoms with E-state index in [0.717, 1.165) is 25.0 Å². The van der Waals surface area contributed by atoms with E-state index in [4.69, 9.17) is 16.3 Å². The molecule has 0 bridgehead atoms. The summed E-state index contributed by atoms with van der Waals surface area (Å²) >= 11 is 6.26. The molecule has 4 heteroatoms. The fraction of sp³-hybridized carbons (Fsp3) is 0.647. The zero-order valence-electron chi connectivity index (χ0n) is 12.5. The molecule has 0 radical (unpaired) electrons. The molecule has 2 atom stereocenters. The molecule has 2 unspecified atom stereocenters. The monoisotopic (exact) mass is 311 g/mol. The van der Waals surface area contributed by atoms with Gasteiger partial charge in [0.1, 0.15) is 5.82 Å². The predicted molar refractivity (Wildman–Crippen MR) is 83.1 cm³/mol. The van der Waals surface area contributed by atoms with E-state index in [9.17, 15) is 4.39 Å². The predicted octanol–water partition coefficient (Wildman–Crippen LogP) is 4.48. The molecule has 1 aliphatic heterocycles. The summed E-state index contributed by atoms with van der Waals surface area (Å²) in [5, 5.41) is 3.91. The highest BCUT2D eigenvalue weighted by molar-refractivity contribution is 6.31. The molecule has 1 saturated carbocycles. The SMILES string of the molecule is CNC(c1ccc(F)cc1Cl)C1CCOC2(CCCC2)C1. The van der Waals surface area contributed by atoms with Gasteiger partial charge in [-0.3, -0.25) is 0 Å². The highest BCUT2D eigenvalue weighted by Crippen LogP contribution is 2.46. The summed E-state index contributed by atoms with van der Waals surface area (Å²) in [5.74, 6) is 0.211. The number of nitrogens with one attached hydrogen (secondary N) is 1. The minimum Gasteiger partial charge on any atom is -0.375 e. The Labute approximate surface area is 131 Å². The van der Waals surface area contributed by atoms with Gasteiger partial charge in [0, 0.05) is 17.7 Å². The van der Waals surface area contributed by atoms with E-state index in [0.29, 0.717) is 10.9 Å². The van der Waals surface area contributed by atoms with Gasteiger partial charge in [0.05, 0.1) is 5.60 Å². The standard InChI is InChI=1S/C17H23ClFNO/c1-20-16(14-5-4-13(19)10-15(14)18)12-6-9-21-17(11-12)7-2-3-8-17/h4-5,10,12,16,20H,2-3,6-9,11H2,1H3. The third-order valence-corrected chi connectivity index (χ3v) is 5.45. The maximum atomic E-state index is 13.3. The summed E-state index contributed by atoms with van der Waals surface area (Å²) in [7, 11) is 1.96. The smallest absolute Gasteiger partial charge is 0.124 e. The Morgan fingerprint density at radius 3 is 2.81 bits per heavy atom. The summed E-state index contributed by atoms with van der Waals surface area (Å²) < 4.78 is 19.4. The van der Waals surface area contributed by atoms with Crippen LogP contribution in [0, 0.1) is 11.7 Å². The fourth-order valence-corrected chi connectivity index (χ4v) is 4.40. The van der Waals surface area contributed by atoms with E-state index in [1.54, 1.807) is 0 Å². The molecule has 1 spiro atoms. The lowest BCUT2D eigenvalue weighted by Gasteiger charge is -2.41. The van der Waals surface area contributed by atoms with Crippen molar-refractivity contribution in [1.29, 1.82) is 0 Å². The summed E-state index contributed by atoms with van der Waals surface area (Å²) in [6.07, 6.45) is 7.00. The van der Waals surface area contributed by atoms with Crippen molar-refractivity contribution in [2.24, 2.45) is 5.92 Å². The van der Waals surface area contributed by atoms with Crippen LogP contribution in [0.25, 0.3) is 0 Å². The molecule has 1 aromatic carbocycles. The van der Waals surface area contributed by atoms with Crippen molar-refractivity contribution >= 4 is 11.6 Å². The topological polar surface area (TPSA) is 21.3 Å². The molecule has 2 nitrogen and oxygen atoms in total. The summed E-state index contributed by atoms with van der Waals surface area (Å²) in [6, 6.07) is 4.89. The van der Waals surface area contributed by atoms with E-state index in [2.05, 4.69) is 5.32 Å². The quantitative estimate of drug-likeness (QED) is 0.888. The van der Waals surface area contributed by atoms with Gasteiger partial charge in [0.25, 0.3) is 0 Å². The van der Waals surface area contributed by atoms with E-state index in [-0.39, 0.29) is 17.5 Å². The maximum Gasteiger partial charge on any atom is 0.124 e. The van der Waals surface area contributed by atoms with Crippen LogP contribution in [-0.4, -0.2) is 19.3 Å². The average molecular weight is 312 g/mol. The van der Waals surface area contributed by atoms with Crippen LogP contribution in [0.1, 0.15) is 50.1 Å². The number of rotatable bonds is 3. The lowest BCUT2D eigenvalue weighted by atomic mass is 9.78. The van der Waals surface area contributed by atoms with Gasteiger partial charge >= 0.3 is 0 Å². The summed E-state index contributed by atoms with van der Waals surface area (Å²) in [4.78, 5) is 0. The van der Waals surface area contributed by atoms with Crippen molar-refractivity contribution in [2.75, 3.05) is 13.7 Å². The minimum atomic E-state index is -0.280. The molecule has 1 aromatic rings. The van der Waals surface area contributed by atoms with Gasteiger partial charge in [-0.25, -0.2) is 4.39 Å². The van der Waals surface area contributed by atoms with Crippen molar-refractivity contribution in [3.8, 4) is 0 Å². The molecule has 1 saturated heterocycles. The minimum absolute atomic E-state index is 0.0878. The zero-order valence-corrected chi connectivity index (χ0v) is 13.3. The van der Waals surface area contributed by atoms with Crippen LogP contribution in [0.4, 0.5) is 4.39 Å². The number of benzene rings is 1. The van der Waals surface area contributed by atoms with Crippen molar-refractivity contribution in [1.82, 2.24) is 5.32 Å². The summed E-state index contributed by atoms with van der Waals surface area (Å²) in [6.45, 7) is 0.821. The van der Waals surface area contributed by atoms with E-state index >= 15 is 0 Å². The second-order valence-electron chi connectivity index (χ2n) is 6.42. The second kappa shape index (κ2) is 6.23. The molecular weight excluding hydrogens is 289 g/mol. The van der Waals surface area contributed by atoms with Crippen molar-refractivity contribution < 1.29 is 9.13 Å². The van der Waals surface area contributed by atoms with Crippen molar-refractivity contribution in [2.45, 2.75) is 50.2 Å². The number of ether oxygens (including phenoxy) is 1. The van der Waals surface area contributed by atoms with Crippen LogP contribution in [0.3, 0.4) is 0 Å². The molecule has 116 valence electrons. The maximum absolute atomic E-state index is 13.3. The van der Waals surface area contributed by atoms with Crippen LogP contribution in [0.15, 0.2) is 18.2 Å². The highest BCUT2D eigenvalue weighted by atomic mass is 35.5. The Bertz CT molecular complexity index is 502. The van der Waals surface area contributed by atoms with Crippen LogP contribution in [-0.2, 0) is 4.74 Å². The van der Waals surface area contributed by atoms with E-state index < -0.39 is 0 Å². The molecule has 0 amide bonds. The number of hydrogen-bond acceptors (Lipinski definition) is 2. The van der Waals surface area contributed by atoms with Gasteiger partial charge in [0.15, 0.2) is 0 Å². The van der Waals surface area contributed by atoms with Gasteiger partial charge in [-0.1, -0.05) is 30.5 Å². The van der Waals surface area contributed by atoms with Crippen molar-refractivity contribution in [3.05, 3.63) is 34.6 Å². The number of halogens is 2. The molecule has 1 aliphatic carbocycles. The Hall–Kier alpha value is -0.640. The first-order valence-electron chi connectivity index (χ1n) is 7.90.